The average molecular weight is 285 g/mol. The van der Waals surface area contributed by atoms with Gasteiger partial charge in [-0.15, -0.1) is 0 Å². The van der Waals surface area contributed by atoms with Gasteiger partial charge in [0.1, 0.15) is 5.75 Å². The van der Waals surface area contributed by atoms with Crippen LogP contribution in [0.1, 0.15) is 24.4 Å². The summed E-state index contributed by atoms with van der Waals surface area (Å²) in [7, 11) is 3.77. The van der Waals surface area contributed by atoms with E-state index in [0.29, 0.717) is 12.0 Å². The van der Waals surface area contributed by atoms with E-state index in [2.05, 4.69) is 41.7 Å². The molecule has 3 rings (SSSR count). The summed E-state index contributed by atoms with van der Waals surface area (Å²) < 4.78 is 11.2. The third kappa shape index (κ3) is 2.76. The molecule has 1 aliphatic heterocycles. The van der Waals surface area contributed by atoms with Crippen molar-refractivity contribution in [1.82, 2.24) is 5.32 Å². The second kappa shape index (κ2) is 6.46. The van der Waals surface area contributed by atoms with Gasteiger partial charge in [-0.05, 0) is 36.9 Å². The lowest BCUT2D eigenvalue weighted by molar-refractivity contribution is 0.0404. The summed E-state index contributed by atoms with van der Waals surface area (Å²) in [4.78, 5) is 0. The molecule has 0 saturated carbocycles. The molecule has 2 aromatic rings. The highest BCUT2D eigenvalue weighted by atomic mass is 16.5. The number of rotatable bonds is 4. The lowest BCUT2D eigenvalue weighted by Crippen LogP contribution is -2.31. The van der Waals surface area contributed by atoms with Crippen LogP contribution < -0.4 is 10.1 Å². The maximum atomic E-state index is 5.68. The molecule has 1 fully saturated rings. The number of fused-ring (bicyclic) bond motifs is 1. The first-order valence-corrected chi connectivity index (χ1v) is 7.65. The van der Waals surface area contributed by atoms with Crippen LogP contribution in [-0.2, 0) is 4.74 Å². The number of methoxy groups -OCH3 is 1. The monoisotopic (exact) mass is 285 g/mol. The lowest BCUT2D eigenvalue weighted by atomic mass is 9.86. The van der Waals surface area contributed by atoms with Gasteiger partial charge in [0.2, 0.25) is 0 Å². The van der Waals surface area contributed by atoms with E-state index in [4.69, 9.17) is 9.47 Å². The summed E-state index contributed by atoms with van der Waals surface area (Å²) in [5.41, 5.74) is 1.34. The van der Waals surface area contributed by atoms with E-state index < -0.39 is 0 Å². The second-order valence-electron chi connectivity index (χ2n) is 5.65. The van der Waals surface area contributed by atoms with Crippen molar-refractivity contribution in [1.29, 1.82) is 0 Å². The zero-order chi connectivity index (χ0) is 14.7. The summed E-state index contributed by atoms with van der Waals surface area (Å²) in [6.45, 7) is 1.74. The van der Waals surface area contributed by atoms with Crippen molar-refractivity contribution in [3.8, 4) is 5.75 Å². The van der Waals surface area contributed by atoms with Crippen LogP contribution in [0.5, 0.6) is 5.75 Å². The topological polar surface area (TPSA) is 30.5 Å². The molecule has 0 aromatic heterocycles. The van der Waals surface area contributed by atoms with Gasteiger partial charge in [-0.2, -0.15) is 0 Å². The Labute approximate surface area is 126 Å². The van der Waals surface area contributed by atoms with Gasteiger partial charge in [0.05, 0.1) is 13.7 Å². The number of nitrogens with one attached hydrogen (secondary N) is 1. The lowest BCUT2D eigenvalue weighted by Gasteiger charge is -2.31. The summed E-state index contributed by atoms with van der Waals surface area (Å²) >= 11 is 0. The molecule has 112 valence electrons. The molecular weight excluding hydrogens is 262 g/mol. The Morgan fingerprint density at radius 1 is 1.19 bits per heavy atom. The van der Waals surface area contributed by atoms with Crippen molar-refractivity contribution in [3.63, 3.8) is 0 Å². The first kappa shape index (κ1) is 14.4. The zero-order valence-corrected chi connectivity index (χ0v) is 12.8. The van der Waals surface area contributed by atoms with Gasteiger partial charge in [-0.25, -0.2) is 0 Å². The molecule has 0 spiro atoms. The molecule has 3 nitrogen and oxygen atoms in total. The van der Waals surface area contributed by atoms with E-state index in [1.54, 1.807) is 7.11 Å². The van der Waals surface area contributed by atoms with Crippen LogP contribution in [0.4, 0.5) is 0 Å². The predicted octanol–water partition coefficient (Wildman–Crippen LogP) is 3.54. The van der Waals surface area contributed by atoms with Crippen LogP contribution in [0.25, 0.3) is 10.8 Å². The maximum Gasteiger partial charge on any atom is 0.126 e. The third-order valence-corrected chi connectivity index (χ3v) is 4.45. The molecule has 3 heteroatoms. The first-order valence-electron chi connectivity index (χ1n) is 7.65. The van der Waals surface area contributed by atoms with Gasteiger partial charge in [0, 0.05) is 24.0 Å². The van der Waals surface area contributed by atoms with Crippen LogP contribution in [0.15, 0.2) is 36.4 Å². The minimum absolute atomic E-state index is 0.320. The fraction of sp³-hybridized carbons (Fsp3) is 0.444. The van der Waals surface area contributed by atoms with Gasteiger partial charge >= 0.3 is 0 Å². The SMILES string of the molecule is CNC(c1ccc(OC)c2ccccc12)C1CCCOC1. The molecule has 1 heterocycles. The molecule has 2 aromatic carbocycles. The summed E-state index contributed by atoms with van der Waals surface area (Å²) in [5.74, 6) is 1.46. The van der Waals surface area contributed by atoms with E-state index in [0.717, 1.165) is 25.4 Å². The Morgan fingerprint density at radius 3 is 2.67 bits per heavy atom. The molecule has 21 heavy (non-hydrogen) atoms. The summed E-state index contributed by atoms with van der Waals surface area (Å²) in [6.07, 6.45) is 2.36. The van der Waals surface area contributed by atoms with Crippen molar-refractivity contribution in [2.75, 3.05) is 27.4 Å². The Hall–Kier alpha value is -1.58. The third-order valence-electron chi connectivity index (χ3n) is 4.45. The van der Waals surface area contributed by atoms with Gasteiger partial charge < -0.3 is 14.8 Å². The van der Waals surface area contributed by atoms with Crippen molar-refractivity contribution in [2.45, 2.75) is 18.9 Å². The number of ether oxygens (including phenoxy) is 2. The summed E-state index contributed by atoms with van der Waals surface area (Å²) in [5, 5.41) is 5.94. The number of benzene rings is 2. The molecule has 0 aliphatic carbocycles. The predicted molar refractivity (Wildman–Crippen MR) is 85.8 cm³/mol. The van der Waals surface area contributed by atoms with E-state index in [1.807, 2.05) is 7.05 Å². The molecule has 1 N–H and O–H groups in total. The zero-order valence-electron chi connectivity index (χ0n) is 12.8. The molecule has 1 saturated heterocycles. The molecule has 2 atom stereocenters. The molecule has 1 aliphatic rings. The van der Waals surface area contributed by atoms with Crippen LogP contribution in [-0.4, -0.2) is 27.4 Å². The summed E-state index contributed by atoms with van der Waals surface area (Å²) in [6, 6.07) is 13.1. The number of hydrogen-bond donors (Lipinski definition) is 1. The largest absolute Gasteiger partial charge is 0.496 e. The van der Waals surface area contributed by atoms with Crippen molar-refractivity contribution in [2.24, 2.45) is 5.92 Å². The normalized spacial score (nSPS) is 20.4. The Morgan fingerprint density at radius 2 is 2.00 bits per heavy atom. The minimum Gasteiger partial charge on any atom is -0.496 e. The fourth-order valence-electron chi connectivity index (χ4n) is 3.42. The standard InChI is InChI=1S/C18H23NO2/c1-19-18(13-6-5-11-21-12-13)16-9-10-17(20-2)15-8-4-3-7-14(15)16/h3-4,7-10,13,18-19H,5-6,11-12H2,1-2H3. The van der Waals surface area contributed by atoms with Gasteiger partial charge in [0.15, 0.2) is 0 Å². The van der Waals surface area contributed by atoms with Gasteiger partial charge in [-0.1, -0.05) is 30.3 Å². The number of hydrogen-bond acceptors (Lipinski definition) is 3. The fourth-order valence-corrected chi connectivity index (χ4v) is 3.42. The molecule has 2 unspecified atom stereocenters. The molecular formula is C18H23NO2. The Bertz CT molecular complexity index is 605. The highest BCUT2D eigenvalue weighted by Crippen LogP contribution is 2.36. The van der Waals surface area contributed by atoms with Gasteiger partial charge in [0.25, 0.3) is 0 Å². The second-order valence-corrected chi connectivity index (χ2v) is 5.65. The Balaban J connectivity index is 2.05. The minimum atomic E-state index is 0.320. The van der Waals surface area contributed by atoms with Crippen LogP contribution in [0, 0.1) is 5.92 Å². The van der Waals surface area contributed by atoms with Crippen LogP contribution in [0.2, 0.25) is 0 Å². The van der Waals surface area contributed by atoms with Crippen molar-refractivity contribution >= 4 is 10.8 Å². The van der Waals surface area contributed by atoms with E-state index in [9.17, 15) is 0 Å². The van der Waals surface area contributed by atoms with Crippen molar-refractivity contribution < 1.29 is 9.47 Å². The van der Waals surface area contributed by atoms with Gasteiger partial charge in [-0.3, -0.25) is 0 Å². The smallest absolute Gasteiger partial charge is 0.126 e. The highest BCUT2D eigenvalue weighted by Gasteiger charge is 2.26. The highest BCUT2D eigenvalue weighted by molar-refractivity contribution is 5.91. The molecule has 0 amide bonds. The molecule has 0 bridgehead atoms. The van der Waals surface area contributed by atoms with Crippen LogP contribution >= 0.6 is 0 Å². The van der Waals surface area contributed by atoms with E-state index >= 15 is 0 Å². The van der Waals surface area contributed by atoms with Crippen LogP contribution in [0.3, 0.4) is 0 Å². The van der Waals surface area contributed by atoms with Crippen molar-refractivity contribution in [3.05, 3.63) is 42.0 Å². The average Bonchev–Trinajstić information content (AvgIpc) is 2.56. The quantitative estimate of drug-likeness (QED) is 0.932. The Kier molecular flexibility index (Phi) is 4.42. The van der Waals surface area contributed by atoms with E-state index in [-0.39, 0.29) is 0 Å². The van der Waals surface area contributed by atoms with E-state index in [1.165, 1.54) is 22.8 Å². The molecule has 0 radical (unpaired) electrons. The maximum absolute atomic E-state index is 5.68. The first-order chi connectivity index (χ1) is 10.3.